The van der Waals surface area contributed by atoms with Crippen LogP contribution in [0.5, 0.6) is 11.5 Å². The number of carbonyl (C=O) groups is 1. The van der Waals surface area contributed by atoms with E-state index in [1.165, 1.54) is 0 Å². The lowest BCUT2D eigenvalue weighted by molar-refractivity contribution is -0.120. The Balaban J connectivity index is 1.31. The molecule has 48 heavy (non-hydrogen) atoms. The molecule has 0 aliphatic rings. The fraction of sp³-hybridized carbons (Fsp3) is 0.342. The van der Waals surface area contributed by atoms with Crippen LogP contribution in [0.25, 0.3) is 11.1 Å². The van der Waals surface area contributed by atoms with Crippen LogP contribution in [0.3, 0.4) is 0 Å². The quantitative estimate of drug-likeness (QED) is 0.0853. The monoisotopic (exact) mass is 673 g/mol. The number of anilines is 1. The van der Waals surface area contributed by atoms with E-state index >= 15 is 0 Å². The number of carbonyl (C=O) groups excluding carboxylic acids is 1. The third-order valence-electron chi connectivity index (χ3n) is 7.83. The van der Waals surface area contributed by atoms with Crippen molar-refractivity contribution in [2.24, 2.45) is 0 Å². The minimum absolute atomic E-state index is 0.0748. The molecule has 0 saturated carbocycles. The zero-order valence-electron chi connectivity index (χ0n) is 28.1. The molecule has 1 atom stereocenters. The molecule has 0 unspecified atom stereocenters. The molecule has 4 rings (SSSR count). The van der Waals surface area contributed by atoms with Crippen LogP contribution in [0.2, 0.25) is 0 Å². The van der Waals surface area contributed by atoms with Gasteiger partial charge in [-0.3, -0.25) is 9.52 Å². The second-order valence-corrected chi connectivity index (χ2v) is 14.6. The van der Waals surface area contributed by atoms with Crippen molar-refractivity contribution >= 4 is 21.6 Å². The van der Waals surface area contributed by atoms with E-state index in [1.54, 1.807) is 30.3 Å². The van der Waals surface area contributed by atoms with Crippen molar-refractivity contribution in [3.8, 4) is 22.6 Å². The zero-order chi connectivity index (χ0) is 34.7. The van der Waals surface area contributed by atoms with Crippen molar-refractivity contribution in [2.75, 3.05) is 24.1 Å². The maximum Gasteiger partial charge on any atom is 0.229 e. The summed E-state index contributed by atoms with van der Waals surface area (Å²) >= 11 is 0. The molecule has 0 radical (unpaired) electrons. The van der Waals surface area contributed by atoms with E-state index in [2.05, 4.69) is 15.4 Å². The van der Waals surface area contributed by atoms with Gasteiger partial charge in [-0.05, 0) is 90.4 Å². The van der Waals surface area contributed by atoms with Gasteiger partial charge in [-0.2, -0.15) is 0 Å². The highest BCUT2D eigenvalue weighted by Crippen LogP contribution is 2.30. The molecule has 4 aromatic carbocycles. The molecule has 5 N–H and O–H groups in total. The Morgan fingerprint density at radius 1 is 0.896 bits per heavy atom. The van der Waals surface area contributed by atoms with E-state index in [-0.39, 0.29) is 30.2 Å². The first-order chi connectivity index (χ1) is 22.8. The summed E-state index contributed by atoms with van der Waals surface area (Å²) in [6.07, 6.45) is 2.90. The number of phenols is 1. The number of aliphatic hydroxyl groups is 1. The Morgan fingerprint density at radius 2 is 1.60 bits per heavy atom. The fourth-order valence-electron chi connectivity index (χ4n) is 5.36. The van der Waals surface area contributed by atoms with Crippen LogP contribution in [0, 0.1) is 0 Å². The van der Waals surface area contributed by atoms with Gasteiger partial charge in [-0.15, -0.1) is 0 Å². The lowest BCUT2D eigenvalue weighted by Crippen LogP contribution is -2.43. The molecule has 0 spiro atoms. The first-order valence-corrected chi connectivity index (χ1v) is 18.1. The molecule has 0 aliphatic carbocycles. The molecule has 0 aromatic heterocycles. The summed E-state index contributed by atoms with van der Waals surface area (Å²) in [5.74, 6) is 0.567. The zero-order valence-corrected chi connectivity index (χ0v) is 28.9. The number of hydrogen-bond acceptors (Lipinski definition) is 7. The van der Waals surface area contributed by atoms with E-state index < -0.39 is 16.1 Å². The number of hydrogen-bond donors (Lipinski definition) is 5. The highest BCUT2D eigenvalue weighted by molar-refractivity contribution is 7.92. The minimum Gasteiger partial charge on any atom is -0.508 e. The second-order valence-electron chi connectivity index (χ2n) is 12.8. The summed E-state index contributed by atoms with van der Waals surface area (Å²) in [6.45, 7) is 7.27. The standard InChI is InChI=1S/C38H47N3O6S/c1-5-6-19-47-36-18-15-32(23-34(36)41-48(4,45)46)35(43)26-40-38(2,3)24-28-10-7-9-27(20-28)22-37(44)39-25-29-11-8-12-31(21-29)30-13-16-33(42)17-14-30/h7-18,20-21,23,35,40-43H,5-6,19,22,24-26H2,1-4H3,(H,39,44)/t35-/m0/s1. The number of rotatable bonds is 17. The van der Waals surface area contributed by atoms with Crippen LogP contribution in [-0.4, -0.2) is 49.5 Å². The lowest BCUT2D eigenvalue weighted by atomic mass is 9.93. The first kappa shape index (κ1) is 36.5. The predicted molar refractivity (Wildman–Crippen MR) is 192 cm³/mol. The van der Waals surface area contributed by atoms with Gasteiger partial charge in [0.2, 0.25) is 15.9 Å². The Morgan fingerprint density at radius 3 is 2.33 bits per heavy atom. The molecule has 0 bridgehead atoms. The van der Waals surface area contributed by atoms with Gasteiger partial charge in [0.15, 0.2) is 0 Å². The van der Waals surface area contributed by atoms with Crippen molar-refractivity contribution in [3.63, 3.8) is 0 Å². The van der Waals surface area contributed by atoms with Crippen LogP contribution in [-0.2, 0) is 34.2 Å². The summed E-state index contributed by atoms with van der Waals surface area (Å²) in [7, 11) is -3.54. The van der Waals surface area contributed by atoms with Crippen LogP contribution < -0.4 is 20.1 Å². The van der Waals surface area contributed by atoms with Gasteiger partial charge in [0.25, 0.3) is 0 Å². The van der Waals surface area contributed by atoms with Gasteiger partial charge in [-0.1, -0.05) is 74.0 Å². The number of nitrogens with one attached hydrogen (secondary N) is 3. The average Bonchev–Trinajstić information content (AvgIpc) is 3.03. The molecule has 0 fully saturated rings. The van der Waals surface area contributed by atoms with Crippen molar-refractivity contribution in [1.82, 2.24) is 10.6 Å². The summed E-state index contributed by atoms with van der Waals surface area (Å²) in [6, 6.07) is 28.0. The molecule has 256 valence electrons. The highest BCUT2D eigenvalue weighted by atomic mass is 32.2. The maximum atomic E-state index is 12.8. The number of aliphatic hydroxyl groups excluding tert-OH is 1. The second kappa shape index (κ2) is 16.6. The molecule has 4 aromatic rings. The summed E-state index contributed by atoms with van der Waals surface area (Å²) < 4.78 is 32.2. The van der Waals surface area contributed by atoms with E-state index in [4.69, 9.17) is 4.74 Å². The maximum absolute atomic E-state index is 12.8. The molecule has 10 heteroatoms. The smallest absolute Gasteiger partial charge is 0.229 e. The van der Waals surface area contributed by atoms with E-state index in [1.807, 2.05) is 81.4 Å². The number of aromatic hydroxyl groups is 1. The van der Waals surface area contributed by atoms with Crippen LogP contribution in [0.15, 0.2) is 91.0 Å². The highest BCUT2D eigenvalue weighted by Gasteiger charge is 2.21. The largest absolute Gasteiger partial charge is 0.508 e. The number of sulfonamides is 1. The van der Waals surface area contributed by atoms with Gasteiger partial charge < -0.3 is 25.6 Å². The topological polar surface area (TPSA) is 137 Å². The van der Waals surface area contributed by atoms with Gasteiger partial charge in [-0.25, -0.2) is 8.42 Å². The SMILES string of the molecule is CCCCOc1ccc([C@@H](O)CNC(C)(C)Cc2cccc(CC(=O)NCc3cccc(-c4ccc(O)cc4)c3)c2)cc1NS(C)(=O)=O. The third-order valence-corrected chi connectivity index (χ3v) is 8.42. The summed E-state index contributed by atoms with van der Waals surface area (Å²) in [5, 5.41) is 27.0. The van der Waals surface area contributed by atoms with Gasteiger partial charge in [0.1, 0.15) is 11.5 Å². The van der Waals surface area contributed by atoms with Crippen molar-refractivity contribution in [3.05, 3.63) is 113 Å². The molecule has 0 saturated heterocycles. The molecule has 0 heterocycles. The lowest BCUT2D eigenvalue weighted by Gasteiger charge is -2.28. The van der Waals surface area contributed by atoms with E-state index in [0.29, 0.717) is 36.6 Å². The van der Waals surface area contributed by atoms with Gasteiger partial charge >= 0.3 is 0 Å². The molecular formula is C38H47N3O6S. The number of amides is 1. The average molecular weight is 674 g/mol. The fourth-order valence-corrected chi connectivity index (χ4v) is 5.92. The first-order valence-electron chi connectivity index (χ1n) is 16.2. The molecule has 9 nitrogen and oxygen atoms in total. The Bertz CT molecular complexity index is 1770. The van der Waals surface area contributed by atoms with Crippen molar-refractivity contribution in [1.29, 1.82) is 0 Å². The minimum atomic E-state index is -3.54. The Kier molecular flexibility index (Phi) is 12.6. The molecule has 1 amide bonds. The van der Waals surface area contributed by atoms with Crippen molar-refractivity contribution < 1.29 is 28.2 Å². The van der Waals surface area contributed by atoms with E-state index in [9.17, 15) is 23.4 Å². The number of phenolic OH excluding ortho intramolecular Hbond substituents is 1. The van der Waals surface area contributed by atoms with Crippen molar-refractivity contribution in [2.45, 2.75) is 64.6 Å². The van der Waals surface area contributed by atoms with Crippen LogP contribution >= 0.6 is 0 Å². The third kappa shape index (κ3) is 11.7. The summed E-state index contributed by atoms with van der Waals surface area (Å²) in [4.78, 5) is 12.8. The Labute approximate surface area is 284 Å². The van der Waals surface area contributed by atoms with Crippen LogP contribution in [0.4, 0.5) is 5.69 Å². The Hall–Kier alpha value is -4.38. The van der Waals surface area contributed by atoms with Gasteiger partial charge in [0, 0.05) is 18.6 Å². The number of unbranched alkanes of at least 4 members (excludes halogenated alkanes) is 1. The normalized spacial score (nSPS) is 12.4. The number of ether oxygens (including phenoxy) is 1. The van der Waals surface area contributed by atoms with E-state index in [0.717, 1.165) is 46.9 Å². The molecular weight excluding hydrogens is 627 g/mol. The summed E-state index contributed by atoms with van der Waals surface area (Å²) in [5.41, 5.74) is 5.42. The number of benzene rings is 4. The van der Waals surface area contributed by atoms with Gasteiger partial charge in [0.05, 0.1) is 31.1 Å². The predicted octanol–water partition coefficient (Wildman–Crippen LogP) is 6.11. The molecule has 0 aliphatic heterocycles. The number of β-amino-alcohol motifs (C(OH)–C–C–N with tert-alkyl or cyclic N) is 1. The van der Waals surface area contributed by atoms with Crippen LogP contribution in [0.1, 0.15) is 62.0 Å².